The van der Waals surface area contributed by atoms with Crippen molar-refractivity contribution in [2.75, 3.05) is 6.54 Å². The Balaban J connectivity index is 1.66. The monoisotopic (exact) mass is 245 g/mol. The highest BCUT2D eigenvalue weighted by atomic mass is 32.1. The first-order valence-electron chi connectivity index (χ1n) is 6.58. The summed E-state index contributed by atoms with van der Waals surface area (Å²) in [5.74, 6) is 0.807. The van der Waals surface area contributed by atoms with Crippen molar-refractivity contribution in [3.05, 3.63) is 35.2 Å². The van der Waals surface area contributed by atoms with E-state index in [9.17, 15) is 0 Å². The van der Waals surface area contributed by atoms with E-state index in [1.807, 2.05) is 11.3 Å². The van der Waals surface area contributed by atoms with E-state index >= 15 is 0 Å². The van der Waals surface area contributed by atoms with Crippen LogP contribution in [0.1, 0.15) is 37.0 Å². The third kappa shape index (κ3) is 2.24. The summed E-state index contributed by atoms with van der Waals surface area (Å²) in [6.07, 6.45) is 3.89. The van der Waals surface area contributed by atoms with Gasteiger partial charge in [0, 0.05) is 15.6 Å². The molecule has 2 heteroatoms. The summed E-state index contributed by atoms with van der Waals surface area (Å²) in [7, 11) is 0. The number of hydrogen-bond acceptors (Lipinski definition) is 2. The van der Waals surface area contributed by atoms with Gasteiger partial charge in [-0.3, -0.25) is 0 Å². The molecule has 0 atom stereocenters. The topological polar surface area (TPSA) is 12.0 Å². The van der Waals surface area contributed by atoms with Gasteiger partial charge in [0.2, 0.25) is 0 Å². The molecule has 1 heterocycles. The minimum absolute atomic E-state index is 0.769. The molecule has 1 nitrogen and oxygen atoms in total. The van der Waals surface area contributed by atoms with Crippen molar-refractivity contribution in [2.45, 2.75) is 38.1 Å². The Kier molecular flexibility index (Phi) is 3.17. The summed E-state index contributed by atoms with van der Waals surface area (Å²) in [6.45, 7) is 3.40. The molecule has 1 N–H and O–H groups in total. The summed E-state index contributed by atoms with van der Waals surface area (Å²) in [5.41, 5.74) is 0. The van der Waals surface area contributed by atoms with Crippen LogP contribution in [0.2, 0.25) is 0 Å². The maximum atomic E-state index is 3.61. The highest BCUT2D eigenvalue weighted by Gasteiger charge is 2.30. The average molecular weight is 245 g/mol. The second kappa shape index (κ2) is 4.79. The molecule has 1 aromatic heterocycles. The first-order chi connectivity index (χ1) is 8.36. The van der Waals surface area contributed by atoms with Gasteiger partial charge in [0.05, 0.1) is 0 Å². The van der Waals surface area contributed by atoms with Gasteiger partial charge in [0.1, 0.15) is 0 Å². The molecule has 0 radical (unpaired) electrons. The van der Waals surface area contributed by atoms with Gasteiger partial charge in [0.25, 0.3) is 0 Å². The molecule has 90 valence electrons. The quantitative estimate of drug-likeness (QED) is 0.853. The molecule has 0 spiro atoms. The molecular weight excluding hydrogens is 226 g/mol. The maximum Gasteiger partial charge on any atom is 0.0345 e. The van der Waals surface area contributed by atoms with Gasteiger partial charge in [-0.2, -0.15) is 0 Å². The molecule has 1 fully saturated rings. The fraction of sp³-hybridized carbons (Fsp3) is 0.467. The van der Waals surface area contributed by atoms with Gasteiger partial charge >= 0.3 is 0 Å². The fourth-order valence-electron chi connectivity index (χ4n) is 2.57. The summed E-state index contributed by atoms with van der Waals surface area (Å²) < 4.78 is 1.44. The highest BCUT2D eigenvalue weighted by Crippen LogP contribution is 2.41. The molecule has 1 aliphatic carbocycles. The van der Waals surface area contributed by atoms with Crippen molar-refractivity contribution in [1.29, 1.82) is 0 Å². The van der Waals surface area contributed by atoms with E-state index in [0.717, 1.165) is 12.0 Å². The molecule has 0 bridgehead atoms. The lowest BCUT2D eigenvalue weighted by Crippen LogP contribution is -2.40. The Morgan fingerprint density at radius 1 is 1.29 bits per heavy atom. The SMILES string of the molecule is CCCNC1CC(c2cc3ccccc3s2)C1. The molecule has 0 aliphatic heterocycles. The smallest absolute Gasteiger partial charge is 0.0345 e. The maximum absolute atomic E-state index is 3.61. The van der Waals surface area contributed by atoms with Gasteiger partial charge < -0.3 is 5.32 Å². The number of hydrogen-bond donors (Lipinski definition) is 1. The first kappa shape index (κ1) is 11.2. The zero-order valence-corrected chi connectivity index (χ0v) is 11.1. The highest BCUT2D eigenvalue weighted by molar-refractivity contribution is 7.19. The Labute approximate surface area is 107 Å². The van der Waals surface area contributed by atoms with E-state index in [4.69, 9.17) is 0 Å². The number of benzene rings is 1. The third-order valence-electron chi connectivity index (χ3n) is 3.67. The van der Waals surface area contributed by atoms with Crippen LogP contribution in [0.4, 0.5) is 0 Å². The van der Waals surface area contributed by atoms with E-state index < -0.39 is 0 Å². The Morgan fingerprint density at radius 2 is 2.12 bits per heavy atom. The average Bonchev–Trinajstić information content (AvgIpc) is 2.70. The predicted octanol–water partition coefficient (Wildman–Crippen LogP) is 4.15. The molecular formula is C15H19NS. The van der Waals surface area contributed by atoms with Crippen molar-refractivity contribution in [1.82, 2.24) is 5.32 Å². The molecule has 0 unspecified atom stereocenters. The number of thiophene rings is 1. The Bertz CT molecular complexity index is 463. The zero-order valence-electron chi connectivity index (χ0n) is 10.3. The van der Waals surface area contributed by atoms with E-state index in [2.05, 4.69) is 42.6 Å². The van der Waals surface area contributed by atoms with Crippen LogP contribution in [0.15, 0.2) is 30.3 Å². The third-order valence-corrected chi connectivity index (χ3v) is 4.95. The molecule has 17 heavy (non-hydrogen) atoms. The van der Waals surface area contributed by atoms with E-state index in [1.54, 1.807) is 4.88 Å². The van der Waals surface area contributed by atoms with E-state index in [0.29, 0.717) is 0 Å². The van der Waals surface area contributed by atoms with E-state index in [-0.39, 0.29) is 0 Å². The summed E-state index contributed by atoms with van der Waals surface area (Å²) >= 11 is 1.98. The van der Waals surface area contributed by atoms with Crippen molar-refractivity contribution in [2.24, 2.45) is 0 Å². The summed E-state index contributed by atoms with van der Waals surface area (Å²) in [4.78, 5) is 1.58. The number of nitrogens with one attached hydrogen (secondary N) is 1. The second-order valence-corrected chi connectivity index (χ2v) is 6.12. The first-order valence-corrected chi connectivity index (χ1v) is 7.40. The molecule has 0 saturated heterocycles. The molecule has 1 saturated carbocycles. The van der Waals surface area contributed by atoms with Crippen molar-refractivity contribution in [3.8, 4) is 0 Å². The number of fused-ring (bicyclic) bond motifs is 1. The Hall–Kier alpha value is -0.860. The predicted molar refractivity (Wildman–Crippen MR) is 75.9 cm³/mol. The number of rotatable bonds is 4. The lowest BCUT2D eigenvalue weighted by atomic mass is 9.79. The summed E-state index contributed by atoms with van der Waals surface area (Å²) in [6, 6.07) is 11.9. The van der Waals surface area contributed by atoms with Crippen LogP contribution < -0.4 is 5.32 Å². The van der Waals surface area contributed by atoms with Crippen LogP contribution in [-0.4, -0.2) is 12.6 Å². The Morgan fingerprint density at radius 3 is 2.88 bits per heavy atom. The molecule has 3 rings (SSSR count). The largest absolute Gasteiger partial charge is 0.314 e. The lowest BCUT2D eigenvalue weighted by Gasteiger charge is -2.35. The van der Waals surface area contributed by atoms with Crippen LogP contribution in [0.5, 0.6) is 0 Å². The standard InChI is InChI=1S/C15H19NS/c1-2-7-16-13-8-12(9-13)15-10-11-5-3-4-6-14(11)17-15/h3-6,10,12-13,16H,2,7-9H2,1H3. The van der Waals surface area contributed by atoms with Crippen LogP contribution in [0.3, 0.4) is 0 Å². The van der Waals surface area contributed by atoms with Gasteiger partial charge in [-0.25, -0.2) is 0 Å². The normalized spacial score (nSPS) is 23.8. The lowest BCUT2D eigenvalue weighted by molar-refractivity contribution is 0.295. The molecule has 0 amide bonds. The van der Waals surface area contributed by atoms with Crippen LogP contribution in [0.25, 0.3) is 10.1 Å². The molecule has 1 aromatic carbocycles. The molecule has 2 aromatic rings. The zero-order chi connectivity index (χ0) is 11.7. The van der Waals surface area contributed by atoms with Crippen molar-refractivity contribution < 1.29 is 0 Å². The fourth-order valence-corrected chi connectivity index (χ4v) is 3.76. The van der Waals surface area contributed by atoms with E-state index in [1.165, 1.54) is 35.9 Å². The minimum atomic E-state index is 0.769. The van der Waals surface area contributed by atoms with Crippen LogP contribution in [-0.2, 0) is 0 Å². The van der Waals surface area contributed by atoms with Crippen molar-refractivity contribution in [3.63, 3.8) is 0 Å². The van der Waals surface area contributed by atoms with Crippen molar-refractivity contribution >= 4 is 21.4 Å². The van der Waals surface area contributed by atoms with Crippen LogP contribution in [0, 0.1) is 0 Å². The van der Waals surface area contributed by atoms with Gasteiger partial charge in [0.15, 0.2) is 0 Å². The second-order valence-electron chi connectivity index (χ2n) is 5.01. The van der Waals surface area contributed by atoms with Gasteiger partial charge in [-0.15, -0.1) is 11.3 Å². The molecule has 1 aliphatic rings. The van der Waals surface area contributed by atoms with Crippen LogP contribution >= 0.6 is 11.3 Å². The summed E-state index contributed by atoms with van der Waals surface area (Å²) in [5, 5.41) is 5.02. The van der Waals surface area contributed by atoms with Gasteiger partial charge in [-0.05, 0) is 49.2 Å². The minimum Gasteiger partial charge on any atom is -0.314 e. The van der Waals surface area contributed by atoms with Gasteiger partial charge in [-0.1, -0.05) is 25.1 Å².